The Morgan fingerprint density at radius 2 is 1.79 bits per heavy atom. The summed E-state index contributed by atoms with van der Waals surface area (Å²) < 4.78 is 5.86. The molecule has 3 N–H and O–H groups in total. The Hall–Kier alpha value is -4.01. The van der Waals surface area contributed by atoms with Gasteiger partial charge >= 0.3 is 0 Å². The molecule has 0 atom stereocenters. The fourth-order valence-electron chi connectivity index (χ4n) is 4.36. The number of fused-ring (bicyclic) bond motifs is 1. The van der Waals surface area contributed by atoms with E-state index in [9.17, 15) is 0 Å². The molecule has 0 bridgehead atoms. The third-order valence-electron chi connectivity index (χ3n) is 6.27. The van der Waals surface area contributed by atoms with E-state index in [2.05, 4.69) is 55.1 Å². The van der Waals surface area contributed by atoms with Gasteiger partial charge in [-0.25, -0.2) is 24.9 Å². The molecule has 1 aliphatic rings. The third kappa shape index (κ3) is 4.54. The summed E-state index contributed by atoms with van der Waals surface area (Å²) in [7, 11) is 0. The van der Waals surface area contributed by atoms with Gasteiger partial charge in [-0.15, -0.1) is 0 Å². The highest BCUT2D eigenvalue weighted by Gasteiger charge is 2.14. The van der Waals surface area contributed by atoms with Crippen LogP contribution in [0.4, 0.5) is 17.6 Å². The highest BCUT2D eigenvalue weighted by Crippen LogP contribution is 2.28. The number of hydrogen-bond donors (Lipinski definition) is 2. The molecule has 1 fully saturated rings. The lowest BCUT2D eigenvalue weighted by Gasteiger charge is -2.15. The molecular weight excluding hydrogens is 428 g/mol. The van der Waals surface area contributed by atoms with E-state index in [1.165, 1.54) is 30.3 Å². The van der Waals surface area contributed by atoms with E-state index in [1.54, 1.807) is 12.3 Å². The van der Waals surface area contributed by atoms with Crippen LogP contribution in [0.25, 0.3) is 10.8 Å². The largest absolute Gasteiger partial charge is 0.473 e. The molecule has 5 rings (SSSR count). The summed E-state index contributed by atoms with van der Waals surface area (Å²) in [5, 5.41) is 5.48. The van der Waals surface area contributed by atoms with E-state index in [0.29, 0.717) is 30.7 Å². The summed E-state index contributed by atoms with van der Waals surface area (Å²) in [5.74, 6) is 2.52. The molecule has 4 aromatic rings. The van der Waals surface area contributed by atoms with Crippen molar-refractivity contribution in [2.24, 2.45) is 0 Å². The van der Waals surface area contributed by atoms with Gasteiger partial charge in [-0.2, -0.15) is 0 Å². The molecule has 0 amide bonds. The molecule has 0 radical (unpaired) electrons. The lowest BCUT2D eigenvalue weighted by Crippen LogP contribution is -2.20. The number of nitrogens with zero attached hydrogens (tertiary/aromatic N) is 6. The van der Waals surface area contributed by atoms with Gasteiger partial charge in [0.1, 0.15) is 24.6 Å². The maximum absolute atomic E-state index is 6.06. The van der Waals surface area contributed by atoms with E-state index in [4.69, 9.17) is 10.5 Å². The number of aromatic nitrogens is 5. The van der Waals surface area contributed by atoms with Crippen LogP contribution in [0, 0.1) is 13.8 Å². The number of nitrogens with two attached hydrogens (primary N) is 1. The van der Waals surface area contributed by atoms with Crippen molar-refractivity contribution in [2.75, 3.05) is 29.0 Å². The Labute approximate surface area is 198 Å². The van der Waals surface area contributed by atoms with Crippen LogP contribution in [0.3, 0.4) is 0 Å². The monoisotopic (exact) mass is 456 g/mol. The zero-order valence-electron chi connectivity index (χ0n) is 19.5. The summed E-state index contributed by atoms with van der Waals surface area (Å²) >= 11 is 0. The Kier molecular flexibility index (Phi) is 6.07. The topological polar surface area (TPSA) is 115 Å². The molecule has 0 aliphatic carbocycles. The zero-order valence-corrected chi connectivity index (χ0v) is 19.5. The predicted octanol–water partition coefficient (Wildman–Crippen LogP) is 3.81. The molecule has 9 nitrogen and oxygen atoms in total. The lowest BCUT2D eigenvalue weighted by atomic mass is 9.96. The normalized spacial score (nSPS) is 13.4. The molecule has 174 valence electrons. The van der Waals surface area contributed by atoms with Crippen LogP contribution in [-0.2, 0) is 13.2 Å². The second-order valence-corrected chi connectivity index (χ2v) is 8.56. The first kappa shape index (κ1) is 21.8. The maximum atomic E-state index is 6.06. The van der Waals surface area contributed by atoms with E-state index in [1.807, 2.05) is 18.5 Å². The molecule has 1 saturated heterocycles. The number of benzene rings is 1. The van der Waals surface area contributed by atoms with E-state index in [0.717, 1.165) is 40.9 Å². The van der Waals surface area contributed by atoms with Gasteiger partial charge in [0.2, 0.25) is 11.8 Å². The number of ether oxygens (including phenoxy) is 1. The average Bonchev–Trinajstić information content (AvgIpc) is 3.39. The van der Waals surface area contributed by atoms with Crippen molar-refractivity contribution in [1.29, 1.82) is 0 Å². The Morgan fingerprint density at radius 3 is 2.59 bits per heavy atom. The number of pyridine rings is 1. The maximum Gasteiger partial charge on any atom is 0.225 e. The van der Waals surface area contributed by atoms with E-state index < -0.39 is 0 Å². The zero-order chi connectivity index (χ0) is 23.5. The van der Waals surface area contributed by atoms with Gasteiger partial charge in [-0.05, 0) is 60.9 Å². The fraction of sp³-hybridized carbons (Fsp3) is 0.320. The second-order valence-electron chi connectivity index (χ2n) is 8.56. The molecule has 1 aromatic carbocycles. The summed E-state index contributed by atoms with van der Waals surface area (Å²) in [4.78, 5) is 23.9. The molecule has 0 unspecified atom stereocenters. The van der Waals surface area contributed by atoms with Crippen molar-refractivity contribution in [3.8, 4) is 5.88 Å². The molecule has 34 heavy (non-hydrogen) atoms. The third-order valence-corrected chi connectivity index (χ3v) is 6.27. The van der Waals surface area contributed by atoms with Gasteiger partial charge in [0.25, 0.3) is 0 Å². The Bertz CT molecular complexity index is 1300. The molecule has 0 spiro atoms. The standard InChI is InChI=1S/C25H28N8O/c1-16-9-20-19(5-6-27-24(20)26)17(2)21(16)13-28-22-10-23(32-15-31-22)34-14-18-11-29-25(30-12-18)33-7-3-4-8-33/h5-6,9-12,15H,3-4,7-8,13-14H2,1-2H3,(H2,26,27)(H,28,31,32). The van der Waals surface area contributed by atoms with Crippen molar-refractivity contribution in [2.45, 2.75) is 39.8 Å². The Balaban J connectivity index is 1.23. The Morgan fingerprint density at radius 1 is 1.00 bits per heavy atom. The minimum Gasteiger partial charge on any atom is -0.473 e. The molecular formula is C25H28N8O. The van der Waals surface area contributed by atoms with Crippen LogP contribution >= 0.6 is 0 Å². The van der Waals surface area contributed by atoms with Crippen LogP contribution < -0.4 is 20.7 Å². The van der Waals surface area contributed by atoms with Crippen molar-refractivity contribution < 1.29 is 4.74 Å². The lowest BCUT2D eigenvalue weighted by molar-refractivity contribution is 0.292. The van der Waals surface area contributed by atoms with E-state index >= 15 is 0 Å². The molecule has 3 aromatic heterocycles. The molecule has 0 saturated carbocycles. The summed E-state index contributed by atoms with van der Waals surface area (Å²) in [6.45, 7) is 7.21. The SMILES string of the molecule is Cc1cc2c(N)nccc2c(C)c1CNc1cc(OCc2cnc(N3CCCC3)nc2)ncn1. The van der Waals surface area contributed by atoms with Crippen molar-refractivity contribution >= 4 is 28.4 Å². The highest BCUT2D eigenvalue weighted by molar-refractivity contribution is 5.94. The van der Waals surface area contributed by atoms with E-state index in [-0.39, 0.29) is 0 Å². The first-order valence-electron chi connectivity index (χ1n) is 11.5. The molecule has 1 aliphatic heterocycles. The second kappa shape index (κ2) is 9.46. The first-order chi connectivity index (χ1) is 16.6. The van der Waals surface area contributed by atoms with Gasteiger partial charge < -0.3 is 20.7 Å². The van der Waals surface area contributed by atoms with Crippen LogP contribution in [-0.4, -0.2) is 38.0 Å². The number of anilines is 3. The van der Waals surface area contributed by atoms with Crippen LogP contribution in [0.2, 0.25) is 0 Å². The fourth-order valence-corrected chi connectivity index (χ4v) is 4.36. The predicted molar refractivity (Wildman–Crippen MR) is 133 cm³/mol. The highest BCUT2D eigenvalue weighted by atomic mass is 16.5. The number of nitrogens with one attached hydrogen (secondary N) is 1. The van der Waals surface area contributed by atoms with Crippen molar-refractivity contribution in [3.05, 3.63) is 65.4 Å². The van der Waals surface area contributed by atoms with Crippen molar-refractivity contribution in [1.82, 2.24) is 24.9 Å². The quantitative estimate of drug-likeness (QED) is 0.428. The minimum atomic E-state index is 0.342. The minimum absolute atomic E-state index is 0.342. The molecule has 4 heterocycles. The summed E-state index contributed by atoms with van der Waals surface area (Å²) in [6.07, 6.45) is 9.27. The van der Waals surface area contributed by atoms with Gasteiger partial charge in [0, 0.05) is 55.2 Å². The van der Waals surface area contributed by atoms with Gasteiger partial charge in [0.05, 0.1) is 0 Å². The molecule has 9 heteroatoms. The van der Waals surface area contributed by atoms with Gasteiger partial charge in [-0.1, -0.05) is 0 Å². The number of rotatable bonds is 7. The van der Waals surface area contributed by atoms with Crippen LogP contribution in [0.1, 0.15) is 35.1 Å². The smallest absolute Gasteiger partial charge is 0.225 e. The van der Waals surface area contributed by atoms with Crippen molar-refractivity contribution in [3.63, 3.8) is 0 Å². The number of hydrogen-bond acceptors (Lipinski definition) is 9. The van der Waals surface area contributed by atoms with Gasteiger partial charge in [-0.3, -0.25) is 0 Å². The van der Waals surface area contributed by atoms with Gasteiger partial charge in [0.15, 0.2) is 0 Å². The van der Waals surface area contributed by atoms with Crippen LogP contribution in [0.5, 0.6) is 5.88 Å². The van der Waals surface area contributed by atoms with Crippen LogP contribution in [0.15, 0.2) is 43.1 Å². The average molecular weight is 457 g/mol. The number of nitrogen functional groups attached to an aromatic ring is 1. The summed E-state index contributed by atoms with van der Waals surface area (Å²) in [6, 6.07) is 5.89. The first-order valence-corrected chi connectivity index (χ1v) is 11.5. The summed E-state index contributed by atoms with van der Waals surface area (Å²) in [5.41, 5.74) is 10.5. The number of aryl methyl sites for hydroxylation is 2.